The van der Waals surface area contributed by atoms with Gasteiger partial charge in [0.15, 0.2) is 0 Å². The van der Waals surface area contributed by atoms with Crippen LogP contribution >= 0.6 is 0 Å². The minimum atomic E-state index is -1.14. The van der Waals surface area contributed by atoms with Gasteiger partial charge in [-0.1, -0.05) is 65.9 Å². The Morgan fingerprint density at radius 2 is 1.62 bits per heavy atom. The van der Waals surface area contributed by atoms with Crippen molar-refractivity contribution in [1.82, 2.24) is 15.0 Å². The molecule has 1 aromatic heterocycles. The first-order valence-corrected chi connectivity index (χ1v) is 6.89. The molecule has 0 saturated heterocycles. The van der Waals surface area contributed by atoms with Crippen molar-refractivity contribution < 1.29 is 5.11 Å². The Morgan fingerprint density at radius 3 is 2.29 bits per heavy atom. The van der Waals surface area contributed by atoms with Gasteiger partial charge in [0, 0.05) is 0 Å². The van der Waals surface area contributed by atoms with Crippen molar-refractivity contribution >= 4 is 0 Å². The molecule has 4 heteroatoms. The van der Waals surface area contributed by atoms with Crippen molar-refractivity contribution in [2.45, 2.75) is 19.1 Å². The van der Waals surface area contributed by atoms with E-state index >= 15 is 0 Å². The summed E-state index contributed by atoms with van der Waals surface area (Å²) in [4.78, 5) is 0. The molecule has 0 aliphatic rings. The van der Waals surface area contributed by atoms with E-state index in [2.05, 4.69) is 10.3 Å². The van der Waals surface area contributed by atoms with E-state index in [-0.39, 0.29) is 0 Å². The van der Waals surface area contributed by atoms with Gasteiger partial charge in [0.25, 0.3) is 0 Å². The molecule has 3 aromatic rings. The van der Waals surface area contributed by atoms with Crippen LogP contribution in [0.25, 0.3) is 0 Å². The van der Waals surface area contributed by atoms with Crippen LogP contribution in [0, 0.1) is 0 Å². The van der Waals surface area contributed by atoms with Gasteiger partial charge in [-0.25, -0.2) is 4.68 Å². The molecule has 106 valence electrons. The highest BCUT2D eigenvalue weighted by molar-refractivity contribution is 5.29. The number of benzene rings is 2. The lowest BCUT2D eigenvalue weighted by molar-refractivity contribution is 0.0972. The van der Waals surface area contributed by atoms with Gasteiger partial charge in [-0.3, -0.25) is 0 Å². The highest BCUT2D eigenvalue weighted by Gasteiger charge is 2.28. The van der Waals surface area contributed by atoms with E-state index in [1.54, 1.807) is 17.8 Å². The van der Waals surface area contributed by atoms with E-state index in [9.17, 15) is 5.11 Å². The van der Waals surface area contributed by atoms with Crippen molar-refractivity contribution in [2.75, 3.05) is 0 Å². The Labute approximate surface area is 123 Å². The summed E-state index contributed by atoms with van der Waals surface area (Å²) in [5, 5.41) is 19.0. The van der Waals surface area contributed by atoms with Crippen molar-refractivity contribution in [1.29, 1.82) is 0 Å². The van der Waals surface area contributed by atoms with Crippen molar-refractivity contribution in [3.05, 3.63) is 83.7 Å². The molecule has 0 aliphatic heterocycles. The van der Waals surface area contributed by atoms with Crippen molar-refractivity contribution in [3.63, 3.8) is 0 Å². The van der Waals surface area contributed by atoms with E-state index in [1.807, 2.05) is 60.7 Å². The van der Waals surface area contributed by atoms with Crippen molar-refractivity contribution in [2.24, 2.45) is 0 Å². The number of nitrogens with zero attached hydrogens (tertiary/aromatic N) is 3. The SMILES string of the molecule is CC(O)(c1ccccc1)c1cn(Cc2ccccc2)nn1. The predicted octanol–water partition coefficient (Wildman–Crippen LogP) is 2.58. The zero-order valence-corrected chi connectivity index (χ0v) is 11.8. The molecule has 0 fully saturated rings. The van der Waals surface area contributed by atoms with Crippen LogP contribution in [0.1, 0.15) is 23.7 Å². The molecule has 0 radical (unpaired) electrons. The first-order valence-electron chi connectivity index (χ1n) is 6.89. The topological polar surface area (TPSA) is 50.9 Å². The molecule has 1 N–H and O–H groups in total. The van der Waals surface area contributed by atoms with Crippen molar-refractivity contribution in [3.8, 4) is 0 Å². The molecule has 0 aliphatic carbocycles. The number of hydrogen-bond acceptors (Lipinski definition) is 3. The predicted molar refractivity (Wildman–Crippen MR) is 80.7 cm³/mol. The van der Waals surface area contributed by atoms with E-state index in [0.717, 1.165) is 11.1 Å². The van der Waals surface area contributed by atoms with Gasteiger partial charge in [0.1, 0.15) is 11.3 Å². The summed E-state index contributed by atoms with van der Waals surface area (Å²) in [7, 11) is 0. The van der Waals surface area contributed by atoms with Crippen LogP contribution in [0.15, 0.2) is 66.9 Å². The standard InChI is InChI=1S/C17H17N3O/c1-17(21,15-10-6-3-7-11-15)16-13-20(19-18-16)12-14-8-4-2-5-9-14/h2-11,13,21H,12H2,1H3. The largest absolute Gasteiger partial charge is 0.379 e. The smallest absolute Gasteiger partial charge is 0.132 e. The third-order valence-electron chi connectivity index (χ3n) is 3.56. The van der Waals surface area contributed by atoms with Gasteiger partial charge in [-0.2, -0.15) is 0 Å². The molecule has 4 nitrogen and oxygen atoms in total. The second kappa shape index (κ2) is 5.50. The zero-order chi connectivity index (χ0) is 14.7. The average Bonchev–Trinajstić information content (AvgIpc) is 2.98. The molecular formula is C17H17N3O. The van der Waals surface area contributed by atoms with Crippen LogP contribution in [-0.2, 0) is 12.1 Å². The molecule has 2 aromatic carbocycles. The molecule has 1 unspecified atom stereocenters. The molecule has 21 heavy (non-hydrogen) atoms. The summed E-state index contributed by atoms with van der Waals surface area (Å²) < 4.78 is 1.74. The molecule has 0 spiro atoms. The van der Waals surface area contributed by atoms with Crippen LogP contribution in [0.2, 0.25) is 0 Å². The van der Waals surface area contributed by atoms with Crippen LogP contribution < -0.4 is 0 Å². The molecule has 3 rings (SSSR count). The van der Waals surface area contributed by atoms with Crippen LogP contribution in [0.3, 0.4) is 0 Å². The van der Waals surface area contributed by atoms with Crippen LogP contribution in [0.5, 0.6) is 0 Å². The lowest BCUT2D eigenvalue weighted by Gasteiger charge is -2.20. The number of aliphatic hydroxyl groups is 1. The minimum absolute atomic E-state index is 0.546. The summed E-state index contributed by atoms with van der Waals surface area (Å²) >= 11 is 0. The Hall–Kier alpha value is -2.46. The van der Waals surface area contributed by atoms with E-state index in [4.69, 9.17) is 0 Å². The van der Waals surface area contributed by atoms with Gasteiger partial charge >= 0.3 is 0 Å². The Bertz CT molecular complexity index is 705. The molecular weight excluding hydrogens is 262 g/mol. The molecule has 0 saturated carbocycles. The highest BCUT2D eigenvalue weighted by Crippen LogP contribution is 2.26. The fourth-order valence-corrected chi connectivity index (χ4v) is 2.28. The fraction of sp³-hybridized carbons (Fsp3) is 0.176. The van der Waals surface area contributed by atoms with E-state index in [1.165, 1.54) is 0 Å². The summed E-state index contributed by atoms with van der Waals surface area (Å²) in [6, 6.07) is 19.5. The lowest BCUT2D eigenvalue weighted by Crippen LogP contribution is -2.23. The normalized spacial score (nSPS) is 13.8. The quantitative estimate of drug-likeness (QED) is 0.798. The maximum atomic E-state index is 10.7. The Kier molecular flexibility index (Phi) is 3.54. The maximum Gasteiger partial charge on any atom is 0.132 e. The fourth-order valence-electron chi connectivity index (χ4n) is 2.28. The zero-order valence-electron chi connectivity index (χ0n) is 11.8. The Morgan fingerprint density at radius 1 is 1.00 bits per heavy atom. The van der Waals surface area contributed by atoms with E-state index in [0.29, 0.717) is 12.2 Å². The molecule has 1 heterocycles. The first-order chi connectivity index (χ1) is 10.2. The lowest BCUT2D eigenvalue weighted by atomic mass is 9.93. The molecule has 1 atom stereocenters. The maximum absolute atomic E-state index is 10.7. The monoisotopic (exact) mass is 279 g/mol. The summed E-state index contributed by atoms with van der Waals surface area (Å²) in [6.07, 6.45) is 1.79. The van der Waals surface area contributed by atoms with Gasteiger partial charge in [0.2, 0.25) is 0 Å². The number of rotatable bonds is 4. The van der Waals surface area contributed by atoms with Gasteiger partial charge < -0.3 is 5.11 Å². The van der Waals surface area contributed by atoms with E-state index < -0.39 is 5.60 Å². The molecule has 0 bridgehead atoms. The van der Waals surface area contributed by atoms with Crippen LogP contribution in [-0.4, -0.2) is 20.1 Å². The number of aromatic nitrogens is 3. The summed E-state index contributed by atoms with van der Waals surface area (Å²) in [6.45, 7) is 2.37. The van der Waals surface area contributed by atoms with Gasteiger partial charge in [0.05, 0.1) is 12.7 Å². The third-order valence-corrected chi connectivity index (χ3v) is 3.56. The highest BCUT2D eigenvalue weighted by atomic mass is 16.3. The summed E-state index contributed by atoms with van der Waals surface area (Å²) in [5.74, 6) is 0. The van der Waals surface area contributed by atoms with Gasteiger partial charge in [-0.05, 0) is 18.1 Å². The van der Waals surface area contributed by atoms with Crippen LogP contribution in [0.4, 0.5) is 0 Å². The number of hydrogen-bond donors (Lipinski definition) is 1. The third kappa shape index (κ3) is 2.85. The van der Waals surface area contributed by atoms with Gasteiger partial charge in [-0.15, -0.1) is 5.10 Å². The Balaban J connectivity index is 1.85. The average molecular weight is 279 g/mol. The first kappa shape index (κ1) is 13.5. The molecule has 0 amide bonds. The second-order valence-electron chi connectivity index (χ2n) is 5.23. The second-order valence-corrected chi connectivity index (χ2v) is 5.23. The summed E-state index contributed by atoms with van der Waals surface area (Å²) in [5.41, 5.74) is 1.35. The minimum Gasteiger partial charge on any atom is -0.379 e.